The molecule has 1 atom stereocenters. The molecule has 0 bridgehead atoms. The van der Waals surface area contributed by atoms with Crippen molar-refractivity contribution in [1.29, 1.82) is 0 Å². The summed E-state index contributed by atoms with van der Waals surface area (Å²) in [7, 11) is 0. The third-order valence-electron chi connectivity index (χ3n) is 5.85. The molecule has 4 heterocycles. The number of imidazole rings is 2. The number of likely N-dealkylation sites (tertiary alicyclic amines) is 1. The van der Waals surface area contributed by atoms with Crippen molar-refractivity contribution in [3.63, 3.8) is 0 Å². The Morgan fingerprint density at radius 3 is 2.80 bits per heavy atom. The number of benzene rings is 1. The van der Waals surface area contributed by atoms with Crippen LogP contribution in [-0.2, 0) is 0 Å². The fourth-order valence-electron chi connectivity index (χ4n) is 4.50. The molecule has 1 unspecified atom stereocenters. The number of piperidine rings is 1. The van der Waals surface area contributed by atoms with Crippen molar-refractivity contribution < 1.29 is 4.79 Å². The van der Waals surface area contributed by atoms with Gasteiger partial charge in [0.1, 0.15) is 17.2 Å². The van der Waals surface area contributed by atoms with Crippen molar-refractivity contribution >= 4 is 34.2 Å². The summed E-state index contributed by atoms with van der Waals surface area (Å²) in [4.78, 5) is 24.6. The molecule has 30 heavy (non-hydrogen) atoms. The molecule has 1 aliphatic rings. The Bertz CT molecular complexity index is 1240. The van der Waals surface area contributed by atoms with Crippen molar-refractivity contribution in [2.75, 3.05) is 13.1 Å². The van der Waals surface area contributed by atoms with Crippen LogP contribution < -0.4 is 0 Å². The molecule has 1 aromatic carbocycles. The van der Waals surface area contributed by atoms with Gasteiger partial charge in [-0.05, 0) is 51.0 Å². The fraction of sp³-hybridized carbons (Fsp3) is 0.348. The van der Waals surface area contributed by atoms with Gasteiger partial charge in [-0.3, -0.25) is 4.79 Å². The van der Waals surface area contributed by atoms with Crippen molar-refractivity contribution in [1.82, 2.24) is 23.8 Å². The van der Waals surface area contributed by atoms with Gasteiger partial charge in [-0.15, -0.1) is 0 Å². The lowest BCUT2D eigenvalue weighted by molar-refractivity contribution is 0.0698. The molecule has 6 nitrogen and oxygen atoms in total. The Kier molecular flexibility index (Phi) is 4.74. The molecular weight excluding hydrogens is 398 g/mol. The Labute approximate surface area is 180 Å². The zero-order valence-electron chi connectivity index (χ0n) is 17.1. The van der Waals surface area contributed by atoms with Crippen LogP contribution in [0, 0.1) is 0 Å². The van der Waals surface area contributed by atoms with Crippen LogP contribution in [0.15, 0.2) is 48.8 Å². The number of para-hydroxylation sites is 2. The van der Waals surface area contributed by atoms with E-state index in [-0.39, 0.29) is 11.8 Å². The number of hydrogen-bond donors (Lipinski definition) is 0. The number of aromatic nitrogens is 4. The molecule has 3 aromatic heterocycles. The van der Waals surface area contributed by atoms with E-state index in [0.717, 1.165) is 41.9 Å². The first-order chi connectivity index (χ1) is 14.5. The Hall–Kier alpha value is -2.86. The van der Waals surface area contributed by atoms with E-state index in [4.69, 9.17) is 16.6 Å². The highest BCUT2D eigenvalue weighted by Gasteiger charge is 2.30. The normalized spacial score (nSPS) is 17.3. The van der Waals surface area contributed by atoms with E-state index in [1.165, 1.54) is 0 Å². The van der Waals surface area contributed by atoms with Crippen LogP contribution >= 0.6 is 11.6 Å². The molecule has 0 spiro atoms. The van der Waals surface area contributed by atoms with Crippen LogP contribution in [0.2, 0.25) is 5.02 Å². The van der Waals surface area contributed by atoms with E-state index in [0.29, 0.717) is 23.3 Å². The molecule has 0 radical (unpaired) electrons. The average Bonchev–Trinajstić information content (AvgIpc) is 3.34. The number of carbonyl (C=O) groups excluding carboxylic acids is 1. The van der Waals surface area contributed by atoms with Crippen LogP contribution in [0.3, 0.4) is 0 Å². The zero-order chi connectivity index (χ0) is 20.8. The maximum atomic E-state index is 13.2. The number of pyridine rings is 1. The molecule has 4 aromatic rings. The minimum absolute atomic E-state index is 0.0354. The highest BCUT2D eigenvalue weighted by Crippen LogP contribution is 2.32. The summed E-state index contributed by atoms with van der Waals surface area (Å²) in [6.45, 7) is 5.77. The lowest BCUT2D eigenvalue weighted by Gasteiger charge is -2.32. The topological polar surface area (TPSA) is 55.4 Å². The Balaban J connectivity index is 1.45. The molecule has 1 saturated heterocycles. The predicted octanol–water partition coefficient (Wildman–Crippen LogP) is 4.94. The highest BCUT2D eigenvalue weighted by atomic mass is 35.5. The lowest BCUT2D eigenvalue weighted by Crippen LogP contribution is -2.40. The van der Waals surface area contributed by atoms with Gasteiger partial charge in [-0.25, -0.2) is 9.97 Å². The fourth-order valence-corrected chi connectivity index (χ4v) is 4.66. The number of carbonyl (C=O) groups is 1. The molecule has 1 amide bonds. The Morgan fingerprint density at radius 1 is 1.13 bits per heavy atom. The summed E-state index contributed by atoms with van der Waals surface area (Å²) in [6, 6.07) is 12.2. The smallest absolute Gasteiger partial charge is 0.274 e. The number of amides is 1. The highest BCUT2D eigenvalue weighted by molar-refractivity contribution is 6.30. The standard InChI is InChI=1S/C23H24ClN5O/c1-15(2)29-20-8-4-3-7-18(20)26-22(29)16-6-5-11-27(12-16)23(30)19-14-28-13-17(24)9-10-21(28)25-19/h3-4,7-10,13-16H,5-6,11-12H2,1-2H3. The summed E-state index contributed by atoms with van der Waals surface area (Å²) in [5.74, 6) is 1.25. The van der Waals surface area contributed by atoms with Crippen molar-refractivity contribution in [3.05, 3.63) is 65.3 Å². The number of halogens is 1. The van der Waals surface area contributed by atoms with E-state index >= 15 is 0 Å². The van der Waals surface area contributed by atoms with Gasteiger partial charge in [-0.2, -0.15) is 0 Å². The van der Waals surface area contributed by atoms with E-state index < -0.39 is 0 Å². The minimum Gasteiger partial charge on any atom is -0.337 e. The molecule has 7 heteroatoms. The van der Waals surface area contributed by atoms with Gasteiger partial charge >= 0.3 is 0 Å². The van der Waals surface area contributed by atoms with E-state index in [1.807, 2.05) is 17.0 Å². The van der Waals surface area contributed by atoms with E-state index in [1.54, 1.807) is 22.9 Å². The molecule has 154 valence electrons. The maximum Gasteiger partial charge on any atom is 0.274 e. The first-order valence-electron chi connectivity index (χ1n) is 10.4. The first kappa shape index (κ1) is 19.1. The second-order valence-electron chi connectivity index (χ2n) is 8.25. The molecule has 0 saturated carbocycles. The third kappa shape index (κ3) is 3.25. The van der Waals surface area contributed by atoms with Gasteiger partial charge in [0.2, 0.25) is 0 Å². The van der Waals surface area contributed by atoms with Gasteiger partial charge in [-0.1, -0.05) is 23.7 Å². The van der Waals surface area contributed by atoms with E-state index in [2.05, 4.69) is 41.6 Å². The van der Waals surface area contributed by atoms with Crippen LogP contribution in [-0.4, -0.2) is 42.8 Å². The van der Waals surface area contributed by atoms with Gasteiger partial charge in [0.05, 0.1) is 16.1 Å². The van der Waals surface area contributed by atoms with Crippen molar-refractivity contribution in [2.24, 2.45) is 0 Å². The summed E-state index contributed by atoms with van der Waals surface area (Å²) in [6.07, 6.45) is 5.51. The quantitative estimate of drug-likeness (QED) is 0.471. The number of fused-ring (bicyclic) bond motifs is 2. The molecular formula is C23H24ClN5O. The average molecular weight is 422 g/mol. The maximum absolute atomic E-state index is 13.2. The lowest BCUT2D eigenvalue weighted by atomic mass is 9.96. The van der Waals surface area contributed by atoms with Gasteiger partial charge < -0.3 is 13.9 Å². The summed E-state index contributed by atoms with van der Waals surface area (Å²) < 4.78 is 4.12. The number of rotatable bonds is 3. The Morgan fingerprint density at radius 2 is 1.97 bits per heavy atom. The van der Waals surface area contributed by atoms with Crippen molar-refractivity contribution in [2.45, 2.75) is 38.6 Å². The van der Waals surface area contributed by atoms with Gasteiger partial charge in [0, 0.05) is 37.4 Å². The molecule has 1 fully saturated rings. The van der Waals surface area contributed by atoms with Crippen LogP contribution in [0.5, 0.6) is 0 Å². The largest absolute Gasteiger partial charge is 0.337 e. The molecule has 0 N–H and O–H groups in total. The van der Waals surface area contributed by atoms with Crippen LogP contribution in [0.25, 0.3) is 16.7 Å². The summed E-state index contributed by atoms with van der Waals surface area (Å²) in [5, 5.41) is 0.615. The second kappa shape index (κ2) is 7.43. The predicted molar refractivity (Wildman–Crippen MR) is 118 cm³/mol. The number of hydrogen-bond acceptors (Lipinski definition) is 3. The monoisotopic (exact) mass is 421 g/mol. The first-order valence-corrected chi connectivity index (χ1v) is 10.8. The van der Waals surface area contributed by atoms with Gasteiger partial charge in [0.25, 0.3) is 5.91 Å². The molecule has 0 aliphatic carbocycles. The zero-order valence-corrected chi connectivity index (χ0v) is 17.9. The second-order valence-corrected chi connectivity index (χ2v) is 8.69. The van der Waals surface area contributed by atoms with Gasteiger partial charge in [0.15, 0.2) is 0 Å². The minimum atomic E-state index is -0.0354. The number of nitrogens with zero attached hydrogens (tertiary/aromatic N) is 5. The van der Waals surface area contributed by atoms with Crippen LogP contribution in [0.1, 0.15) is 55.0 Å². The summed E-state index contributed by atoms with van der Waals surface area (Å²) in [5.41, 5.74) is 3.35. The third-order valence-corrected chi connectivity index (χ3v) is 6.07. The van der Waals surface area contributed by atoms with Crippen LogP contribution in [0.4, 0.5) is 0 Å². The summed E-state index contributed by atoms with van der Waals surface area (Å²) >= 11 is 6.06. The SMILES string of the molecule is CC(C)n1c(C2CCCN(C(=O)c3cn4cc(Cl)ccc4n3)C2)nc2ccccc21. The van der Waals surface area contributed by atoms with E-state index in [9.17, 15) is 4.79 Å². The van der Waals surface area contributed by atoms with Crippen molar-refractivity contribution in [3.8, 4) is 0 Å². The molecule has 1 aliphatic heterocycles. The molecule has 5 rings (SSSR count).